The fourth-order valence-corrected chi connectivity index (χ4v) is 3.36. The first-order valence-electron chi connectivity index (χ1n) is 8.69. The Hall–Kier alpha value is -4.24. The van der Waals surface area contributed by atoms with Crippen molar-refractivity contribution < 1.29 is 0 Å². The summed E-state index contributed by atoms with van der Waals surface area (Å²) in [6.45, 7) is 0. The lowest BCUT2D eigenvalue weighted by atomic mass is 9.97. The molecule has 0 radical (unpaired) electrons. The molecule has 3 heterocycles. The van der Waals surface area contributed by atoms with Crippen molar-refractivity contribution >= 4 is 22.1 Å². The molecule has 0 aliphatic carbocycles. The first-order valence-corrected chi connectivity index (χ1v) is 8.69. The van der Waals surface area contributed by atoms with Gasteiger partial charge in [-0.2, -0.15) is 5.26 Å². The normalized spacial score (nSPS) is 11.0. The molecule has 0 spiro atoms. The van der Waals surface area contributed by atoms with Gasteiger partial charge in [0.15, 0.2) is 0 Å². The van der Waals surface area contributed by atoms with Gasteiger partial charge in [-0.1, -0.05) is 18.2 Å². The van der Waals surface area contributed by atoms with Crippen LogP contribution in [-0.2, 0) is 0 Å². The van der Waals surface area contributed by atoms with Crippen molar-refractivity contribution in [3.8, 4) is 28.5 Å². The third-order valence-electron chi connectivity index (χ3n) is 4.70. The molecule has 2 aromatic carbocycles. The van der Waals surface area contributed by atoms with E-state index in [1.807, 2.05) is 36.4 Å². The van der Waals surface area contributed by atoms with Gasteiger partial charge in [0.25, 0.3) is 0 Å². The molecule has 5 rings (SSSR count). The molecular formula is C22H13N5O. The number of fused-ring (bicyclic) bond motifs is 2. The highest BCUT2D eigenvalue weighted by atomic mass is 16.1. The third-order valence-corrected chi connectivity index (χ3v) is 4.70. The summed E-state index contributed by atoms with van der Waals surface area (Å²) in [5.41, 5.74) is 6.05. The van der Waals surface area contributed by atoms with E-state index in [0.717, 1.165) is 33.1 Å². The maximum Gasteiger partial charge on any atom is 0.249 e. The average molecular weight is 363 g/mol. The Morgan fingerprint density at radius 3 is 2.79 bits per heavy atom. The Kier molecular flexibility index (Phi) is 3.53. The summed E-state index contributed by atoms with van der Waals surface area (Å²) in [7, 11) is 0. The van der Waals surface area contributed by atoms with E-state index in [4.69, 9.17) is 4.98 Å². The number of nitrogens with one attached hydrogen (secondary N) is 2. The highest BCUT2D eigenvalue weighted by molar-refractivity contribution is 5.92. The van der Waals surface area contributed by atoms with Crippen molar-refractivity contribution in [2.45, 2.75) is 0 Å². The average Bonchev–Trinajstić information content (AvgIpc) is 3.20. The van der Waals surface area contributed by atoms with Crippen LogP contribution in [0, 0.1) is 11.3 Å². The SMILES string of the molecule is N#Cc1cccc(-c2nc3[nH]c(=O)ccc3cc2-c2ccc3nc[nH]c3c2)c1. The van der Waals surface area contributed by atoms with Crippen LogP contribution in [0.3, 0.4) is 0 Å². The van der Waals surface area contributed by atoms with Crippen molar-refractivity contribution in [1.29, 1.82) is 5.26 Å². The van der Waals surface area contributed by atoms with Crippen molar-refractivity contribution in [2.24, 2.45) is 0 Å². The van der Waals surface area contributed by atoms with Gasteiger partial charge in [-0.15, -0.1) is 0 Å². The number of nitriles is 1. The lowest BCUT2D eigenvalue weighted by Gasteiger charge is -2.12. The maximum absolute atomic E-state index is 11.8. The van der Waals surface area contributed by atoms with Crippen molar-refractivity contribution in [3.63, 3.8) is 0 Å². The summed E-state index contributed by atoms with van der Waals surface area (Å²) in [6, 6.07) is 20.7. The number of aromatic amines is 2. The number of pyridine rings is 2. The molecular weight excluding hydrogens is 350 g/mol. The van der Waals surface area contributed by atoms with Gasteiger partial charge in [-0.25, -0.2) is 9.97 Å². The van der Waals surface area contributed by atoms with Crippen LogP contribution in [0.4, 0.5) is 0 Å². The summed E-state index contributed by atoms with van der Waals surface area (Å²) >= 11 is 0. The zero-order chi connectivity index (χ0) is 19.1. The number of nitrogens with zero attached hydrogens (tertiary/aromatic N) is 3. The number of rotatable bonds is 2. The molecule has 2 N–H and O–H groups in total. The van der Waals surface area contributed by atoms with Crippen LogP contribution in [0.15, 0.2) is 71.8 Å². The predicted molar refractivity (Wildman–Crippen MR) is 108 cm³/mol. The second-order valence-electron chi connectivity index (χ2n) is 6.47. The molecule has 3 aromatic heterocycles. The molecule has 0 atom stereocenters. The van der Waals surface area contributed by atoms with Crippen LogP contribution in [-0.4, -0.2) is 19.9 Å². The van der Waals surface area contributed by atoms with Crippen LogP contribution >= 0.6 is 0 Å². The van der Waals surface area contributed by atoms with E-state index in [2.05, 4.69) is 21.0 Å². The molecule has 6 heteroatoms. The minimum absolute atomic E-state index is 0.205. The van der Waals surface area contributed by atoms with E-state index in [1.165, 1.54) is 6.07 Å². The molecule has 6 nitrogen and oxygen atoms in total. The van der Waals surface area contributed by atoms with Crippen molar-refractivity contribution in [3.05, 3.63) is 82.9 Å². The number of hydrogen-bond acceptors (Lipinski definition) is 4. The molecule has 5 aromatic rings. The number of benzene rings is 2. The Bertz CT molecular complexity index is 1460. The van der Waals surface area contributed by atoms with Crippen LogP contribution < -0.4 is 5.56 Å². The Morgan fingerprint density at radius 2 is 1.89 bits per heavy atom. The summed E-state index contributed by atoms with van der Waals surface area (Å²) in [6.07, 6.45) is 1.66. The first kappa shape index (κ1) is 16.0. The summed E-state index contributed by atoms with van der Waals surface area (Å²) in [5, 5.41) is 10.1. The molecule has 0 bridgehead atoms. The van der Waals surface area contributed by atoms with E-state index in [1.54, 1.807) is 24.5 Å². The molecule has 0 aliphatic heterocycles. The number of imidazole rings is 1. The Balaban J connectivity index is 1.83. The lowest BCUT2D eigenvalue weighted by molar-refractivity contribution is 1.23. The zero-order valence-corrected chi connectivity index (χ0v) is 14.6. The van der Waals surface area contributed by atoms with E-state index in [-0.39, 0.29) is 5.56 Å². The minimum atomic E-state index is -0.205. The molecule has 0 saturated heterocycles. The van der Waals surface area contributed by atoms with Crippen LogP contribution in [0.5, 0.6) is 0 Å². The summed E-state index contributed by atoms with van der Waals surface area (Å²) < 4.78 is 0. The van der Waals surface area contributed by atoms with Gasteiger partial charge in [0.1, 0.15) is 5.65 Å². The minimum Gasteiger partial charge on any atom is -0.345 e. The van der Waals surface area contributed by atoms with Gasteiger partial charge < -0.3 is 9.97 Å². The predicted octanol–water partition coefficient (Wildman–Crippen LogP) is 4.01. The topological polar surface area (TPSA) is 98.2 Å². The highest BCUT2D eigenvalue weighted by Gasteiger charge is 2.13. The highest BCUT2D eigenvalue weighted by Crippen LogP contribution is 2.34. The standard InChI is InChI=1S/C22H13N5O/c23-11-13-2-1-3-15(8-13)21-17(9-16-5-7-20(28)26-22(16)27-21)14-4-6-18-19(10-14)25-12-24-18/h1-10,12H,(H,24,25)(H,26,27,28). The monoisotopic (exact) mass is 363 g/mol. The fraction of sp³-hybridized carbons (Fsp3) is 0. The zero-order valence-electron chi connectivity index (χ0n) is 14.6. The van der Waals surface area contributed by atoms with Gasteiger partial charge in [-0.3, -0.25) is 4.79 Å². The second kappa shape index (κ2) is 6.18. The molecule has 0 saturated carbocycles. The van der Waals surface area contributed by atoms with E-state index < -0.39 is 0 Å². The number of H-pyrrole nitrogens is 2. The maximum atomic E-state index is 11.8. The lowest BCUT2D eigenvalue weighted by Crippen LogP contribution is -2.04. The van der Waals surface area contributed by atoms with E-state index >= 15 is 0 Å². The van der Waals surface area contributed by atoms with Crippen LogP contribution in [0.2, 0.25) is 0 Å². The summed E-state index contributed by atoms with van der Waals surface area (Å²) in [4.78, 5) is 26.7. The molecule has 28 heavy (non-hydrogen) atoms. The van der Waals surface area contributed by atoms with Crippen LogP contribution in [0.25, 0.3) is 44.5 Å². The number of aromatic nitrogens is 4. The first-order chi connectivity index (χ1) is 13.7. The van der Waals surface area contributed by atoms with Crippen molar-refractivity contribution in [1.82, 2.24) is 19.9 Å². The Labute approximate surface area is 159 Å². The molecule has 0 unspecified atom stereocenters. The van der Waals surface area contributed by atoms with E-state index in [0.29, 0.717) is 16.9 Å². The van der Waals surface area contributed by atoms with Gasteiger partial charge in [0, 0.05) is 22.6 Å². The summed E-state index contributed by atoms with van der Waals surface area (Å²) in [5.74, 6) is 0. The molecule has 132 valence electrons. The molecule has 0 fully saturated rings. The Morgan fingerprint density at radius 1 is 0.964 bits per heavy atom. The van der Waals surface area contributed by atoms with Gasteiger partial charge in [-0.05, 0) is 42.0 Å². The smallest absolute Gasteiger partial charge is 0.249 e. The van der Waals surface area contributed by atoms with Crippen molar-refractivity contribution in [2.75, 3.05) is 0 Å². The fourth-order valence-electron chi connectivity index (χ4n) is 3.36. The molecule has 0 aliphatic rings. The second-order valence-corrected chi connectivity index (χ2v) is 6.47. The van der Waals surface area contributed by atoms with E-state index in [9.17, 15) is 10.1 Å². The van der Waals surface area contributed by atoms with Crippen LogP contribution in [0.1, 0.15) is 5.56 Å². The largest absolute Gasteiger partial charge is 0.345 e. The van der Waals surface area contributed by atoms with Gasteiger partial charge >= 0.3 is 0 Å². The van der Waals surface area contributed by atoms with Gasteiger partial charge in [0.05, 0.1) is 34.7 Å². The quantitative estimate of drug-likeness (QED) is 0.495. The third kappa shape index (κ3) is 2.63. The molecule has 0 amide bonds. The van der Waals surface area contributed by atoms with Gasteiger partial charge in [0.2, 0.25) is 5.56 Å². The number of hydrogen-bond donors (Lipinski definition) is 2.